The van der Waals surface area contributed by atoms with Crippen LogP contribution in [0.3, 0.4) is 0 Å². The van der Waals surface area contributed by atoms with Crippen molar-refractivity contribution in [2.24, 2.45) is 0 Å². The largest absolute Gasteiger partial charge is 0.363 e. The van der Waals surface area contributed by atoms with Gasteiger partial charge in [-0.3, -0.25) is 0 Å². The summed E-state index contributed by atoms with van der Waals surface area (Å²) in [7, 11) is 0. The third-order valence-corrected chi connectivity index (χ3v) is 3.99. The molecule has 3 heterocycles. The highest BCUT2D eigenvalue weighted by molar-refractivity contribution is 5.90. The highest BCUT2D eigenvalue weighted by Crippen LogP contribution is 2.25. The van der Waals surface area contributed by atoms with Gasteiger partial charge < -0.3 is 10.3 Å². The topological polar surface area (TPSA) is 79.4 Å². The number of aromatic amines is 1. The van der Waals surface area contributed by atoms with Gasteiger partial charge in [-0.25, -0.2) is 24.3 Å². The number of halogens is 1. The number of hydrogen-bond acceptors (Lipinski definition) is 5. The Balaban J connectivity index is 1.62. The Bertz CT molecular complexity index is 1010. The first kappa shape index (κ1) is 15.2. The van der Waals surface area contributed by atoms with E-state index < -0.39 is 0 Å². The van der Waals surface area contributed by atoms with Crippen LogP contribution in [-0.4, -0.2) is 24.9 Å². The molecule has 0 saturated heterocycles. The second kappa shape index (κ2) is 6.27. The number of aromatic nitrogens is 5. The summed E-state index contributed by atoms with van der Waals surface area (Å²) in [6.45, 7) is 1.99. The van der Waals surface area contributed by atoms with Gasteiger partial charge in [0, 0.05) is 35.6 Å². The lowest BCUT2D eigenvalue weighted by Gasteiger charge is -2.15. The quantitative estimate of drug-likeness (QED) is 0.594. The third kappa shape index (κ3) is 3.03. The van der Waals surface area contributed by atoms with Crippen molar-refractivity contribution in [2.75, 3.05) is 5.32 Å². The summed E-state index contributed by atoms with van der Waals surface area (Å²) in [6, 6.07) is 8.19. The molecular weight excluding hydrogens is 319 g/mol. The van der Waals surface area contributed by atoms with Gasteiger partial charge in [0.05, 0.1) is 0 Å². The second-order valence-electron chi connectivity index (χ2n) is 5.67. The molecule has 7 heteroatoms. The molecule has 4 aromatic rings. The summed E-state index contributed by atoms with van der Waals surface area (Å²) < 4.78 is 13.1. The first-order valence-corrected chi connectivity index (χ1v) is 7.83. The molecule has 0 aliphatic rings. The van der Waals surface area contributed by atoms with E-state index in [1.165, 1.54) is 18.5 Å². The summed E-state index contributed by atoms with van der Waals surface area (Å²) in [5.41, 5.74) is 2.56. The fourth-order valence-electron chi connectivity index (χ4n) is 2.67. The fraction of sp³-hybridized carbons (Fsp3) is 0.111. The Morgan fingerprint density at radius 1 is 1.12 bits per heavy atom. The summed E-state index contributed by atoms with van der Waals surface area (Å²) in [5.74, 6) is 1.02. The smallest absolute Gasteiger partial charge is 0.163 e. The Kier molecular flexibility index (Phi) is 3.81. The SMILES string of the molecule is C[C@@H](Nc1ccnc(-c2c[nH]c3ncncc23)n1)c1ccc(F)cc1. The van der Waals surface area contributed by atoms with Crippen LogP contribution in [0.15, 0.2) is 55.2 Å². The molecule has 0 unspecified atom stereocenters. The molecule has 3 aromatic heterocycles. The average molecular weight is 334 g/mol. The summed E-state index contributed by atoms with van der Waals surface area (Å²) in [6.07, 6.45) is 6.75. The molecule has 0 amide bonds. The maximum atomic E-state index is 13.1. The molecule has 0 fully saturated rings. The van der Waals surface area contributed by atoms with Gasteiger partial charge in [0.15, 0.2) is 5.82 Å². The Labute approximate surface area is 143 Å². The maximum Gasteiger partial charge on any atom is 0.163 e. The lowest BCUT2D eigenvalue weighted by Crippen LogP contribution is -2.08. The molecule has 1 aromatic carbocycles. The zero-order chi connectivity index (χ0) is 17.2. The van der Waals surface area contributed by atoms with E-state index in [0.29, 0.717) is 11.6 Å². The Morgan fingerprint density at radius 3 is 2.80 bits per heavy atom. The zero-order valence-electron chi connectivity index (χ0n) is 13.4. The van der Waals surface area contributed by atoms with Crippen LogP contribution in [0, 0.1) is 5.82 Å². The molecule has 25 heavy (non-hydrogen) atoms. The molecule has 0 aliphatic carbocycles. The molecule has 0 spiro atoms. The number of H-pyrrole nitrogens is 1. The first-order chi connectivity index (χ1) is 12.2. The van der Waals surface area contributed by atoms with Crippen molar-refractivity contribution in [3.8, 4) is 11.4 Å². The number of rotatable bonds is 4. The Morgan fingerprint density at radius 2 is 1.96 bits per heavy atom. The lowest BCUT2D eigenvalue weighted by molar-refractivity contribution is 0.626. The van der Waals surface area contributed by atoms with Crippen LogP contribution in [0.25, 0.3) is 22.4 Å². The van der Waals surface area contributed by atoms with Gasteiger partial charge in [0.25, 0.3) is 0 Å². The zero-order valence-corrected chi connectivity index (χ0v) is 13.4. The van der Waals surface area contributed by atoms with Crippen LogP contribution in [0.2, 0.25) is 0 Å². The van der Waals surface area contributed by atoms with Crippen LogP contribution in [0.1, 0.15) is 18.5 Å². The fourth-order valence-corrected chi connectivity index (χ4v) is 2.67. The first-order valence-electron chi connectivity index (χ1n) is 7.83. The van der Waals surface area contributed by atoms with Gasteiger partial charge in [0.2, 0.25) is 0 Å². The van der Waals surface area contributed by atoms with Gasteiger partial charge in [-0.05, 0) is 30.7 Å². The number of nitrogens with one attached hydrogen (secondary N) is 2. The van der Waals surface area contributed by atoms with E-state index in [9.17, 15) is 4.39 Å². The predicted octanol–water partition coefficient (Wildman–Crippen LogP) is 3.73. The maximum absolute atomic E-state index is 13.1. The van der Waals surface area contributed by atoms with Gasteiger partial charge in [-0.1, -0.05) is 12.1 Å². The Hall–Kier alpha value is -3.35. The minimum atomic E-state index is -0.248. The van der Waals surface area contributed by atoms with Crippen molar-refractivity contribution in [2.45, 2.75) is 13.0 Å². The summed E-state index contributed by atoms with van der Waals surface area (Å²) in [5, 5.41) is 4.18. The second-order valence-corrected chi connectivity index (χ2v) is 5.67. The van der Waals surface area contributed by atoms with Crippen molar-refractivity contribution in [3.05, 3.63) is 66.6 Å². The van der Waals surface area contributed by atoms with Gasteiger partial charge in [-0.2, -0.15) is 0 Å². The highest BCUT2D eigenvalue weighted by atomic mass is 19.1. The molecule has 0 radical (unpaired) electrons. The lowest BCUT2D eigenvalue weighted by atomic mass is 10.1. The molecule has 0 bridgehead atoms. The molecule has 4 rings (SSSR count). The van der Waals surface area contributed by atoms with E-state index >= 15 is 0 Å². The number of nitrogens with zero attached hydrogens (tertiary/aromatic N) is 4. The van der Waals surface area contributed by atoms with Gasteiger partial charge in [-0.15, -0.1) is 0 Å². The molecule has 0 saturated carbocycles. The molecule has 2 N–H and O–H groups in total. The highest BCUT2D eigenvalue weighted by Gasteiger charge is 2.12. The molecular formula is C18H15FN6. The number of hydrogen-bond donors (Lipinski definition) is 2. The van der Waals surface area contributed by atoms with E-state index in [2.05, 4.69) is 30.2 Å². The van der Waals surface area contributed by atoms with E-state index in [0.717, 1.165) is 22.2 Å². The van der Waals surface area contributed by atoms with Crippen LogP contribution in [0.5, 0.6) is 0 Å². The number of benzene rings is 1. The summed E-state index contributed by atoms with van der Waals surface area (Å²) in [4.78, 5) is 20.2. The number of anilines is 1. The van der Waals surface area contributed by atoms with Crippen LogP contribution in [0.4, 0.5) is 10.2 Å². The van der Waals surface area contributed by atoms with E-state index in [1.54, 1.807) is 30.6 Å². The normalized spacial score (nSPS) is 12.2. The predicted molar refractivity (Wildman–Crippen MR) is 93.4 cm³/mol. The van der Waals surface area contributed by atoms with Crippen molar-refractivity contribution in [3.63, 3.8) is 0 Å². The van der Waals surface area contributed by atoms with Gasteiger partial charge in [0.1, 0.15) is 23.6 Å². The van der Waals surface area contributed by atoms with Crippen LogP contribution < -0.4 is 5.32 Å². The van der Waals surface area contributed by atoms with Crippen molar-refractivity contribution >= 4 is 16.9 Å². The molecule has 0 aliphatic heterocycles. The van der Waals surface area contributed by atoms with E-state index in [4.69, 9.17) is 0 Å². The standard InChI is InChI=1S/C18H15FN6/c1-11(12-2-4-13(19)5-3-12)24-16-6-7-21-18(25-16)15-9-22-17-14(15)8-20-10-23-17/h2-11H,1H3,(H,20,22,23)(H,21,24,25)/t11-/m1/s1. The van der Waals surface area contributed by atoms with Crippen molar-refractivity contribution < 1.29 is 4.39 Å². The number of fused-ring (bicyclic) bond motifs is 1. The summed E-state index contributed by atoms with van der Waals surface area (Å²) >= 11 is 0. The molecule has 6 nitrogen and oxygen atoms in total. The van der Waals surface area contributed by atoms with E-state index in [1.807, 2.05) is 13.1 Å². The minimum Gasteiger partial charge on any atom is -0.363 e. The van der Waals surface area contributed by atoms with Crippen molar-refractivity contribution in [1.82, 2.24) is 24.9 Å². The third-order valence-electron chi connectivity index (χ3n) is 3.99. The molecule has 124 valence electrons. The van der Waals surface area contributed by atoms with Crippen molar-refractivity contribution in [1.29, 1.82) is 0 Å². The van der Waals surface area contributed by atoms with Gasteiger partial charge >= 0.3 is 0 Å². The van der Waals surface area contributed by atoms with E-state index in [-0.39, 0.29) is 11.9 Å². The van der Waals surface area contributed by atoms with Crippen LogP contribution in [-0.2, 0) is 0 Å². The van der Waals surface area contributed by atoms with Crippen LogP contribution >= 0.6 is 0 Å². The molecule has 1 atom stereocenters. The minimum absolute atomic E-state index is 0.0188. The monoisotopic (exact) mass is 334 g/mol. The average Bonchev–Trinajstić information content (AvgIpc) is 3.06.